The van der Waals surface area contributed by atoms with Crippen LogP contribution in [0.2, 0.25) is 0 Å². The van der Waals surface area contributed by atoms with Crippen molar-refractivity contribution in [2.75, 3.05) is 23.3 Å². The second kappa shape index (κ2) is 8.15. The Labute approximate surface area is 170 Å². The predicted octanol–water partition coefficient (Wildman–Crippen LogP) is 5.21. The summed E-state index contributed by atoms with van der Waals surface area (Å²) in [5, 5.41) is 4.11. The summed E-state index contributed by atoms with van der Waals surface area (Å²) >= 11 is 1.60. The molecule has 3 aromatic rings. The van der Waals surface area contributed by atoms with Gasteiger partial charge in [0.2, 0.25) is 5.91 Å². The van der Waals surface area contributed by atoms with Crippen LogP contribution in [0.15, 0.2) is 48.5 Å². The lowest BCUT2D eigenvalue weighted by Crippen LogP contribution is -2.21. The van der Waals surface area contributed by atoms with E-state index in [2.05, 4.69) is 52.5 Å². The number of aryl methyl sites for hydroxylation is 2. The second-order valence-corrected chi connectivity index (χ2v) is 8.59. The van der Waals surface area contributed by atoms with Gasteiger partial charge in [0, 0.05) is 23.5 Å². The average Bonchev–Trinajstić information content (AvgIpc) is 3.33. The summed E-state index contributed by atoms with van der Waals surface area (Å²) in [5.41, 5.74) is 5.22. The molecule has 2 heterocycles. The molecule has 0 atom stereocenters. The van der Waals surface area contributed by atoms with Gasteiger partial charge in [0.15, 0.2) is 0 Å². The molecular formula is C23H25N3OS. The van der Waals surface area contributed by atoms with Crippen molar-refractivity contribution in [3.05, 3.63) is 64.0 Å². The molecule has 2 aromatic carbocycles. The fraction of sp³-hybridized carbons (Fsp3) is 0.304. The Kier molecular flexibility index (Phi) is 5.44. The van der Waals surface area contributed by atoms with Crippen molar-refractivity contribution < 1.29 is 4.79 Å². The standard InChI is InChI=1S/C23H25N3OS/c1-16-9-11-18(12-10-16)23-21(28-17(2)24-23)15-22(27)25-19-7-3-4-8-20(19)26-13-5-6-14-26/h3-4,7-12H,5-6,13-15H2,1-2H3,(H,25,27). The molecule has 0 spiro atoms. The van der Waals surface area contributed by atoms with E-state index in [1.165, 1.54) is 18.4 Å². The van der Waals surface area contributed by atoms with Gasteiger partial charge in [-0.2, -0.15) is 0 Å². The number of amides is 1. The summed E-state index contributed by atoms with van der Waals surface area (Å²) in [6, 6.07) is 16.4. The molecule has 0 radical (unpaired) electrons. The number of nitrogens with one attached hydrogen (secondary N) is 1. The highest BCUT2D eigenvalue weighted by atomic mass is 32.1. The molecule has 4 rings (SSSR count). The van der Waals surface area contributed by atoms with E-state index in [1.54, 1.807) is 11.3 Å². The van der Waals surface area contributed by atoms with E-state index in [4.69, 9.17) is 0 Å². The van der Waals surface area contributed by atoms with E-state index in [9.17, 15) is 4.79 Å². The van der Waals surface area contributed by atoms with Crippen LogP contribution in [0.4, 0.5) is 11.4 Å². The van der Waals surface area contributed by atoms with Gasteiger partial charge in [0.25, 0.3) is 0 Å². The summed E-state index contributed by atoms with van der Waals surface area (Å²) in [4.78, 5) is 20.9. The monoisotopic (exact) mass is 391 g/mol. The molecule has 0 unspecified atom stereocenters. The van der Waals surface area contributed by atoms with Crippen molar-refractivity contribution >= 4 is 28.6 Å². The normalized spacial score (nSPS) is 13.7. The number of rotatable bonds is 5. The lowest BCUT2D eigenvalue weighted by Gasteiger charge is -2.21. The Morgan fingerprint density at radius 2 is 1.79 bits per heavy atom. The van der Waals surface area contributed by atoms with Crippen molar-refractivity contribution in [3.63, 3.8) is 0 Å². The highest BCUT2D eigenvalue weighted by Gasteiger charge is 2.18. The number of hydrogen-bond donors (Lipinski definition) is 1. The molecule has 1 aliphatic heterocycles. The highest BCUT2D eigenvalue weighted by molar-refractivity contribution is 7.12. The molecule has 28 heavy (non-hydrogen) atoms. The van der Waals surface area contributed by atoms with Gasteiger partial charge in [0.05, 0.1) is 28.5 Å². The lowest BCUT2D eigenvalue weighted by atomic mass is 10.1. The zero-order valence-electron chi connectivity index (χ0n) is 16.4. The zero-order valence-corrected chi connectivity index (χ0v) is 17.2. The minimum absolute atomic E-state index is 0.00339. The van der Waals surface area contributed by atoms with E-state index in [1.807, 2.05) is 25.1 Å². The Bertz CT molecular complexity index is 972. The van der Waals surface area contributed by atoms with E-state index in [0.29, 0.717) is 6.42 Å². The van der Waals surface area contributed by atoms with Crippen molar-refractivity contribution in [3.8, 4) is 11.3 Å². The molecule has 5 heteroatoms. The maximum absolute atomic E-state index is 12.8. The quantitative estimate of drug-likeness (QED) is 0.649. The maximum atomic E-state index is 12.8. The van der Waals surface area contributed by atoms with Crippen LogP contribution in [0.1, 0.15) is 28.3 Å². The molecule has 1 aliphatic rings. The van der Waals surface area contributed by atoms with Gasteiger partial charge in [-0.15, -0.1) is 11.3 Å². The molecular weight excluding hydrogens is 366 g/mol. The Balaban J connectivity index is 1.53. The van der Waals surface area contributed by atoms with Gasteiger partial charge < -0.3 is 10.2 Å². The smallest absolute Gasteiger partial charge is 0.229 e. The second-order valence-electron chi connectivity index (χ2n) is 7.31. The fourth-order valence-electron chi connectivity index (χ4n) is 3.68. The highest BCUT2D eigenvalue weighted by Crippen LogP contribution is 2.31. The molecule has 1 N–H and O–H groups in total. The van der Waals surface area contributed by atoms with Crippen molar-refractivity contribution in [2.24, 2.45) is 0 Å². The first-order chi connectivity index (χ1) is 13.6. The van der Waals surface area contributed by atoms with E-state index in [0.717, 1.165) is 45.6 Å². The molecule has 0 saturated carbocycles. The number of nitrogens with zero attached hydrogens (tertiary/aromatic N) is 2. The Morgan fingerprint density at radius 1 is 1.07 bits per heavy atom. The summed E-state index contributed by atoms with van der Waals surface area (Å²) < 4.78 is 0. The van der Waals surface area contributed by atoms with Gasteiger partial charge in [-0.25, -0.2) is 4.98 Å². The molecule has 0 bridgehead atoms. The van der Waals surface area contributed by atoms with Gasteiger partial charge in [-0.3, -0.25) is 4.79 Å². The van der Waals surface area contributed by atoms with Gasteiger partial charge in [-0.1, -0.05) is 42.0 Å². The molecule has 1 amide bonds. The summed E-state index contributed by atoms with van der Waals surface area (Å²) in [6.45, 7) is 6.17. The first kappa shape index (κ1) is 18.7. The van der Waals surface area contributed by atoms with Crippen LogP contribution in [-0.2, 0) is 11.2 Å². The first-order valence-corrected chi connectivity index (χ1v) is 10.6. The van der Waals surface area contributed by atoms with E-state index < -0.39 is 0 Å². The zero-order chi connectivity index (χ0) is 19.5. The van der Waals surface area contributed by atoms with Crippen LogP contribution in [0, 0.1) is 13.8 Å². The van der Waals surface area contributed by atoms with Crippen LogP contribution in [0.3, 0.4) is 0 Å². The number of anilines is 2. The van der Waals surface area contributed by atoms with Crippen LogP contribution >= 0.6 is 11.3 Å². The number of para-hydroxylation sites is 2. The Hall–Kier alpha value is -2.66. The van der Waals surface area contributed by atoms with Gasteiger partial charge in [-0.05, 0) is 38.8 Å². The first-order valence-electron chi connectivity index (χ1n) is 9.77. The molecule has 144 valence electrons. The number of aromatic nitrogens is 1. The third-order valence-electron chi connectivity index (χ3n) is 5.08. The predicted molar refractivity (Wildman–Crippen MR) is 117 cm³/mol. The summed E-state index contributed by atoms with van der Waals surface area (Å²) in [6.07, 6.45) is 2.76. The topological polar surface area (TPSA) is 45.2 Å². The van der Waals surface area contributed by atoms with Crippen LogP contribution in [0.25, 0.3) is 11.3 Å². The van der Waals surface area contributed by atoms with Crippen molar-refractivity contribution in [1.29, 1.82) is 0 Å². The van der Waals surface area contributed by atoms with E-state index in [-0.39, 0.29) is 5.91 Å². The SMILES string of the molecule is Cc1ccc(-c2nc(C)sc2CC(=O)Nc2ccccc2N2CCCC2)cc1. The molecule has 1 aromatic heterocycles. The van der Waals surface area contributed by atoms with Crippen molar-refractivity contribution in [2.45, 2.75) is 33.1 Å². The molecule has 4 nitrogen and oxygen atoms in total. The van der Waals surface area contributed by atoms with E-state index >= 15 is 0 Å². The van der Waals surface area contributed by atoms with Gasteiger partial charge >= 0.3 is 0 Å². The lowest BCUT2D eigenvalue weighted by molar-refractivity contribution is -0.115. The number of carbonyl (C=O) groups is 1. The van der Waals surface area contributed by atoms with Crippen LogP contribution in [0.5, 0.6) is 0 Å². The average molecular weight is 392 g/mol. The number of thiazole rings is 1. The fourth-order valence-corrected chi connectivity index (χ4v) is 4.64. The van der Waals surface area contributed by atoms with Crippen molar-refractivity contribution in [1.82, 2.24) is 4.98 Å². The largest absolute Gasteiger partial charge is 0.370 e. The minimum atomic E-state index is 0.00339. The molecule has 1 saturated heterocycles. The maximum Gasteiger partial charge on any atom is 0.229 e. The summed E-state index contributed by atoms with van der Waals surface area (Å²) in [5.74, 6) is 0.00339. The molecule has 0 aliphatic carbocycles. The summed E-state index contributed by atoms with van der Waals surface area (Å²) in [7, 11) is 0. The van der Waals surface area contributed by atoms with Gasteiger partial charge in [0.1, 0.15) is 0 Å². The third-order valence-corrected chi connectivity index (χ3v) is 6.05. The number of carbonyl (C=O) groups excluding carboxylic acids is 1. The molecule has 1 fully saturated rings. The minimum Gasteiger partial charge on any atom is -0.370 e. The van der Waals surface area contributed by atoms with Crippen LogP contribution in [-0.4, -0.2) is 24.0 Å². The Morgan fingerprint density at radius 3 is 2.54 bits per heavy atom. The number of benzene rings is 2. The number of hydrogen-bond acceptors (Lipinski definition) is 4. The third kappa shape index (κ3) is 4.09. The van der Waals surface area contributed by atoms with Crippen LogP contribution < -0.4 is 10.2 Å².